The third-order valence-electron chi connectivity index (χ3n) is 3.69. The van der Waals surface area contributed by atoms with Gasteiger partial charge in [0, 0.05) is 17.8 Å². The first-order valence-electron chi connectivity index (χ1n) is 8.98. The van der Waals surface area contributed by atoms with Gasteiger partial charge < -0.3 is 9.90 Å². The van der Waals surface area contributed by atoms with Gasteiger partial charge in [-0.2, -0.15) is 0 Å². The number of nitrogens with zero attached hydrogens (tertiary/aromatic N) is 1. The Labute approximate surface area is 151 Å². The number of carbonyl (C=O) groups excluding carboxylic acids is 1. The summed E-state index contributed by atoms with van der Waals surface area (Å²) in [4.78, 5) is 20.4. The van der Waals surface area contributed by atoms with Crippen molar-refractivity contribution in [2.24, 2.45) is 0 Å². The van der Waals surface area contributed by atoms with Crippen LogP contribution in [-0.2, 0) is 4.79 Å². The second-order valence-electron chi connectivity index (χ2n) is 5.75. The molecule has 0 heterocycles. The highest BCUT2D eigenvalue weighted by atomic mass is 16.6. The molecule has 5 nitrogen and oxygen atoms in total. The lowest BCUT2D eigenvalue weighted by molar-refractivity contribution is -0.534. The summed E-state index contributed by atoms with van der Waals surface area (Å²) in [5.41, 5.74) is 0. The number of allylic oxidation sites excluding steroid dienone is 7. The van der Waals surface area contributed by atoms with Crippen molar-refractivity contribution in [3.63, 3.8) is 0 Å². The minimum absolute atomic E-state index is 0.312. The summed E-state index contributed by atoms with van der Waals surface area (Å²) in [5, 5.41) is 20.5. The maximum absolute atomic E-state index is 10.7. The van der Waals surface area contributed by atoms with Crippen LogP contribution in [0.25, 0.3) is 0 Å². The van der Waals surface area contributed by atoms with Crippen LogP contribution in [0.1, 0.15) is 58.3 Å². The van der Waals surface area contributed by atoms with Crippen molar-refractivity contribution < 1.29 is 14.8 Å². The number of nitro groups is 1. The third kappa shape index (κ3) is 14.1. The molecule has 0 bridgehead atoms. The Kier molecular flexibility index (Phi) is 15.5. The second-order valence-corrected chi connectivity index (χ2v) is 5.75. The van der Waals surface area contributed by atoms with E-state index in [0.29, 0.717) is 19.3 Å². The van der Waals surface area contributed by atoms with E-state index in [1.54, 1.807) is 13.0 Å². The first kappa shape index (κ1) is 23.0. The van der Waals surface area contributed by atoms with Crippen molar-refractivity contribution in [3.8, 4) is 0 Å². The second kappa shape index (κ2) is 16.8. The van der Waals surface area contributed by atoms with Gasteiger partial charge in [-0.25, -0.2) is 0 Å². The summed E-state index contributed by atoms with van der Waals surface area (Å²) >= 11 is 0. The van der Waals surface area contributed by atoms with Crippen LogP contribution in [0.3, 0.4) is 0 Å². The maximum atomic E-state index is 10.7. The Bertz CT molecular complexity index is 466. The van der Waals surface area contributed by atoms with Crippen molar-refractivity contribution in [2.75, 3.05) is 0 Å². The number of unbranched alkanes of at least 4 members (excludes halogenated alkanes) is 2. The lowest BCUT2D eigenvalue weighted by atomic mass is 10.1. The molecule has 0 aliphatic carbocycles. The number of carbonyl (C=O) groups is 1. The van der Waals surface area contributed by atoms with Gasteiger partial charge in [0.25, 0.3) is 0 Å². The minimum atomic E-state index is -0.922. The van der Waals surface area contributed by atoms with Crippen molar-refractivity contribution in [2.45, 2.75) is 70.4 Å². The monoisotopic (exact) mass is 349 g/mol. The highest BCUT2D eigenvalue weighted by Gasteiger charge is 2.26. The van der Waals surface area contributed by atoms with Crippen LogP contribution < -0.4 is 0 Å². The average molecular weight is 349 g/mol. The van der Waals surface area contributed by atoms with E-state index in [9.17, 15) is 20.0 Å². The molecule has 2 unspecified atom stereocenters. The molecule has 0 saturated carbocycles. The Morgan fingerprint density at radius 1 is 0.920 bits per heavy atom. The molecule has 5 heteroatoms. The van der Waals surface area contributed by atoms with Crippen LogP contribution in [-0.4, -0.2) is 28.5 Å². The molecule has 0 aliphatic rings. The molecular weight excluding hydrogens is 318 g/mol. The third-order valence-corrected chi connectivity index (χ3v) is 3.69. The van der Waals surface area contributed by atoms with Gasteiger partial charge in [-0.05, 0) is 38.5 Å². The van der Waals surface area contributed by atoms with Gasteiger partial charge in [0.1, 0.15) is 12.4 Å². The normalized spacial score (nSPS) is 14.8. The van der Waals surface area contributed by atoms with Crippen LogP contribution in [0.2, 0.25) is 0 Å². The number of hydrogen-bond donors (Lipinski definition) is 1. The molecule has 25 heavy (non-hydrogen) atoms. The molecule has 0 saturated heterocycles. The van der Waals surface area contributed by atoms with Gasteiger partial charge in [0.15, 0.2) is 0 Å². The molecule has 0 radical (unpaired) electrons. The van der Waals surface area contributed by atoms with Gasteiger partial charge >= 0.3 is 0 Å². The summed E-state index contributed by atoms with van der Waals surface area (Å²) in [6, 6.07) is -0.885. The van der Waals surface area contributed by atoms with Crippen LogP contribution in [0.4, 0.5) is 0 Å². The molecule has 0 aromatic rings. The number of aldehydes is 1. The van der Waals surface area contributed by atoms with Crippen LogP contribution in [0, 0.1) is 10.1 Å². The van der Waals surface area contributed by atoms with E-state index >= 15 is 0 Å². The summed E-state index contributed by atoms with van der Waals surface area (Å²) in [6.45, 7) is 1.71. The molecule has 2 atom stereocenters. The van der Waals surface area contributed by atoms with Gasteiger partial charge in [0.2, 0.25) is 6.04 Å². The van der Waals surface area contributed by atoms with Gasteiger partial charge in [0.05, 0.1) is 0 Å². The van der Waals surface area contributed by atoms with E-state index in [4.69, 9.17) is 0 Å². The van der Waals surface area contributed by atoms with E-state index in [-0.39, 0.29) is 0 Å². The van der Waals surface area contributed by atoms with Crippen molar-refractivity contribution in [3.05, 3.63) is 58.7 Å². The zero-order valence-corrected chi connectivity index (χ0v) is 15.1. The Hall–Kier alpha value is -2.01. The molecule has 140 valence electrons. The Morgan fingerprint density at radius 2 is 1.44 bits per heavy atom. The zero-order chi connectivity index (χ0) is 18.8. The summed E-state index contributed by atoms with van der Waals surface area (Å²) in [5.74, 6) is 0. The number of aliphatic hydroxyl groups is 1. The maximum Gasteiger partial charge on any atom is 0.238 e. The first-order valence-corrected chi connectivity index (χ1v) is 8.98. The molecule has 0 fully saturated rings. The molecule has 0 aromatic carbocycles. The quantitative estimate of drug-likeness (QED) is 0.154. The van der Waals surface area contributed by atoms with E-state index < -0.39 is 17.1 Å². The molecule has 0 amide bonds. The predicted molar refractivity (Wildman–Crippen MR) is 102 cm³/mol. The molecule has 0 aromatic heterocycles. The minimum Gasteiger partial charge on any atom is -0.386 e. The van der Waals surface area contributed by atoms with Crippen LogP contribution >= 0.6 is 0 Å². The lowest BCUT2D eigenvalue weighted by Gasteiger charge is -2.12. The van der Waals surface area contributed by atoms with E-state index in [1.165, 1.54) is 0 Å². The Morgan fingerprint density at radius 3 is 1.92 bits per heavy atom. The fraction of sp³-hybridized carbons (Fsp3) is 0.550. The van der Waals surface area contributed by atoms with Crippen molar-refractivity contribution in [1.82, 2.24) is 0 Å². The zero-order valence-electron chi connectivity index (χ0n) is 15.1. The lowest BCUT2D eigenvalue weighted by Crippen LogP contribution is -2.32. The topological polar surface area (TPSA) is 80.4 Å². The smallest absolute Gasteiger partial charge is 0.238 e. The largest absolute Gasteiger partial charge is 0.386 e. The molecule has 1 N–H and O–H groups in total. The van der Waals surface area contributed by atoms with E-state index in [2.05, 4.69) is 30.4 Å². The highest BCUT2D eigenvalue weighted by molar-refractivity contribution is 5.49. The van der Waals surface area contributed by atoms with Crippen LogP contribution in [0.5, 0.6) is 0 Å². The van der Waals surface area contributed by atoms with Gasteiger partial charge in [-0.1, -0.05) is 55.5 Å². The predicted octanol–water partition coefficient (Wildman–Crippen LogP) is 4.56. The SMILES string of the molecule is CCC(C(O)C/C=C\C/C=C\C/C=C\C/C=C\CCCC=O)[N+](=O)[O-]. The fourth-order valence-electron chi connectivity index (χ4n) is 2.20. The van der Waals surface area contributed by atoms with Crippen molar-refractivity contribution in [1.29, 1.82) is 0 Å². The summed E-state index contributed by atoms with van der Waals surface area (Å²) < 4.78 is 0. The van der Waals surface area contributed by atoms with Crippen molar-refractivity contribution >= 4 is 6.29 Å². The average Bonchev–Trinajstić information content (AvgIpc) is 2.58. The molecule has 0 rings (SSSR count). The molecule has 0 aliphatic heterocycles. The number of rotatable bonds is 15. The first-order chi connectivity index (χ1) is 12.1. The summed E-state index contributed by atoms with van der Waals surface area (Å²) in [6.07, 6.45) is 21.9. The molecular formula is C20H31NO4. The Balaban J connectivity index is 3.73. The van der Waals surface area contributed by atoms with Gasteiger partial charge in [-0.15, -0.1) is 0 Å². The van der Waals surface area contributed by atoms with Gasteiger partial charge in [-0.3, -0.25) is 10.1 Å². The number of aliphatic hydroxyl groups excluding tert-OH is 1. The fourth-order valence-corrected chi connectivity index (χ4v) is 2.20. The summed E-state index contributed by atoms with van der Waals surface area (Å²) in [7, 11) is 0. The number of hydrogen-bond acceptors (Lipinski definition) is 4. The van der Waals surface area contributed by atoms with Crippen LogP contribution in [0.15, 0.2) is 48.6 Å². The van der Waals surface area contributed by atoms with E-state index in [1.807, 2.05) is 12.2 Å². The highest BCUT2D eigenvalue weighted by Crippen LogP contribution is 2.08. The molecule has 0 spiro atoms. The standard InChI is InChI=1S/C20H31NO4/c1-2-19(21(24)25)20(23)17-15-13-11-9-7-5-3-4-6-8-10-12-14-16-18-22/h3-4,7-10,13,15,18-20,23H,2,5-6,11-12,14,16-17H2,1H3/b4-3-,9-7-,10-8-,15-13-. The van der Waals surface area contributed by atoms with E-state index in [0.717, 1.165) is 38.4 Å².